The van der Waals surface area contributed by atoms with Gasteiger partial charge in [0.05, 0.1) is 18.4 Å². The molecule has 1 N–H and O–H groups in total. The Labute approximate surface area is 175 Å². The average molecular weight is 400 g/mol. The number of ether oxygens (including phenoxy) is 1. The maximum atomic E-state index is 13.5. The van der Waals surface area contributed by atoms with Gasteiger partial charge in [-0.15, -0.1) is 0 Å². The van der Waals surface area contributed by atoms with Crippen molar-refractivity contribution in [2.24, 2.45) is 0 Å². The number of nitrogens with zero attached hydrogens (tertiary/aromatic N) is 1. The molecule has 2 heterocycles. The summed E-state index contributed by atoms with van der Waals surface area (Å²) in [5.41, 5.74) is 7.01. The van der Waals surface area contributed by atoms with E-state index in [1.165, 1.54) is 5.56 Å². The maximum absolute atomic E-state index is 13.5. The van der Waals surface area contributed by atoms with Gasteiger partial charge >= 0.3 is 0 Å². The number of ketones is 1. The summed E-state index contributed by atoms with van der Waals surface area (Å²) >= 11 is 0. The minimum absolute atomic E-state index is 0.124. The highest BCUT2D eigenvalue weighted by atomic mass is 16.5. The largest absolute Gasteiger partial charge is 0.497 e. The highest BCUT2D eigenvalue weighted by Crippen LogP contribution is 2.49. The molecule has 0 bridgehead atoms. The topological polar surface area (TPSA) is 64.4 Å². The molecule has 1 aliphatic carbocycles. The molecule has 5 heteroatoms. The quantitative estimate of drug-likeness (QED) is 0.650. The number of Topliss-reactive ketones (excluding diaryl/α,β-unsaturated/α-hetero) is 1. The molecule has 5 rings (SSSR count). The minimum atomic E-state index is -0.146. The zero-order valence-electron chi connectivity index (χ0n) is 17.4. The zero-order chi connectivity index (χ0) is 20.8. The van der Waals surface area contributed by atoms with Crippen molar-refractivity contribution in [2.45, 2.75) is 38.5 Å². The lowest BCUT2D eigenvalue weighted by molar-refractivity contribution is -0.116. The molecule has 3 aromatic rings. The molecule has 0 spiro atoms. The van der Waals surface area contributed by atoms with Crippen LogP contribution in [-0.2, 0) is 4.79 Å². The Morgan fingerprint density at radius 3 is 2.40 bits per heavy atom. The number of rotatable bonds is 3. The van der Waals surface area contributed by atoms with Gasteiger partial charge in [-0.05, 0) is 49.4 Å². The van der Waals surface area contributed by atoms with Crippen LogP contribution in [0.1, 0.15) is 52.6 Å². The fourth-order valence-corrected chi connectivity index (χ4v) is 4.68. The lowest BCUT2D eigenvalue weighted by Gasteiger charge is -2.34. The van der Waals surface area contributed by atoms with Crippen molar-refractivity contribution in [1.82, 2.24) is 5.16 Å². The van der Waals surface area contributed by atoms with Gasteiger partial charge < -0.3 is 14.6 Å². The van der Waals surface area contributed by atoms with Crippen LogP contribution < -0.4 is 10.1 Å². The minimum Gasteiger partial charge on any atom is -0.497 e. The van der Waals surface area contributed by atoms with Crippen LogP contribution >= 0.6 is 0 Å². The Morgan fingerprint density at radius 2 is 1.70 bits per heavy atom. The van der Waals surface area contributed by atoms with Crippen LogP contribution in [0.2, 0.25) is 0 Å². The third kappa shape index (κ3) is 3.02. The number of methoxy groups -OCH3 is 1. The molecule has 1 aliphatic heterocycles. The van der Waals surface area contributed by atoms with Crippen molar-refractivity contribution in [2.75, 3.05) is 12.4 Å². The van der Waals surface area contributed by atoms with Gasteiger partial charge in [0.15, 0.2) is 5.78 Å². The van der Waals surface area contributed by atoms with Crippen molar-refractivity contribution in [1.29, 1.82) is 0 Å². The molecule has 2 aliphatic rings. The summed E-state index contributed by atoms with van der Waals surface area (Å²) in [6.45, 7) is 4.00. The number of hydrogen-bond acceptors (Lipinski definition) is 5. The van der Waals surface area contributed by atoms with E-state index in [0.717, 1.165) is 45.8 Å². The first-order valence-electron chi connectivity index (χ1n) is 10.2. The summed E-state index contributed by atoms with van der Waals surface area (Å²) < 4.78 is 10.9. The summed E-state index contributed by atoms with van der Waals surface area (Å²) in [6, 6.07) is 16.4. The van der Waals surface area contributed by atoms with Gasteiger partial charge in [0.2, 0.25) is 5.88 Å². The second kappa shape index (κ2) is 7.17. The summed E-state index contributed by atoms with van der Waals surface area (Å²) in [7, 11) is 1.66. The molecule has 0 unspecified atom stereocenters. The number of allylic oxidation sites excluding steroid dienone is 2. The summed E-state index contributed by atoms with van der Waals surface area (Å²) in [6.07, 6.45) is 1.25. The SMILES string of the molecule is COc1ccc([C@H]2CC(=O)C3=C(C2)Nc2onc(C)c2[C@@H]3c2ccc(C)cc2)cc1. The first-order chi connectivity index (χ1) is 14.5. The van der Waals surface area contributed by atoms with E-state index in [9.17, 15) is 4.79 Å². The third-order valence-corrected chi connectivity index (χ3v) is 6.26. The molecule has 0 saturated heterocycles. The Hall–Kier alpha value is -3.34. The highest BCUT2D eigenvalue weighted by molar-refractivity contribution is 6.01. The number of fused-ring (bicyclic) bond motifs is 1. The van der Waals surface area contributed by atoms with Crippen LogP contribution in [0, 0.1) is 13.8 Å². The van der Waals surface area contributed by atoms with E-state index < -0.39 is 0 Å². The van der Waals surface area contributed by atoms with Crippen LogP contribution in [0.25, 0.3) is 0 Å². The van der Waals surface area contributed by atoms with Crippen LogP contribution in [0.5, 0.6) is 5.75 Å². The molecular formula is C25H24N2O3. The van der Waals surface area contributed by atoms with Gasteiger partial charge in [-0.3, -0.25) is 4.79 Å². The number of hydrogen-bond donors (Lipinski definition) is 1. The second-order valence-corrected chi connectivity index (χ2v) is 8.17. The van der Waals surface area contributed by atoms with E-state index in [-0.39, 0.29) is 17.6 Å². The van der Waals surface area contributed by atoms with Crippen LogP contribution in [0.15, 0.2) is 64.3 Å². The normalized spacial score (nSPS) is 20.4. The molecule has 0 amide bonds. The molecule has 0 radical (unpaired) electrons. The van der Waals surface area contributed by atoms with Crippen LogP contribution in [0.4, 0.5) is 5.88 Å². The number of anilines is 1. The van der Waals surface area contributed by atoms with Gasteiger partial charge in [0.1, 0.15) is 5.75 Å². The van der Waals surface area contributed by atoms with E-state index >= 15 is 0 Å². The van der Waals surface area contributed by atoms with E-state index in [1.54, 1.807) is 7.11 Å². The van der Waals surface area contributed by atoms with Gasteiger partial charge in [0, 0.05) is 23.6 Å². The predicted octanol–water partition coefficient (Wildman–Crippen LogP) is 5.26. The lowest BCUT2D eigenvalue weighted by atomic mass is 9.72. The number of benzene rings is 2. The van der Waals surface area contributed by atoms with Gasteiger partial charge in [-0.1, -0.05) is 47.1 Å². The van der Waals surface area contributed by atoms with Crippen molar-refractivity contribution in [3.63, 3.8) is 0 Å². The third-order valence-electron chi connectivity index (χ3n) is 6.26. The van der Waals surface area contributed by atoms with Crippen molar-refractivity contribution in [3.8, 4) is 5.75 Å². The highest BCUT2D eigenvalue weighted by Gasteiger charge is 2.41. The predicted molar refractivity (Wildman–Crippen MR) is 115 cm³/mol. The number of aromatic nitrogens is 1. The average Bonchev–Trinajstić information content (AvgIpc) is 3.13. The van der Waals surface area contributed by atoms with Crippen molar-refractivity contribution >= 4 is 11.7 Å². The molecule has 5 nitrogen and oxygen atoms in total. The molecule has 1 aromatic heterocycles. The smallest absolute Gasteiger partial charge is 0.233 e. The molecule has 2 aromatic carbocycles. The summed E-state index contributed by atoms with van der Waals surface area (Å²) in [5.74, 6) is 1.63. The molecule has 152 valence electrons. The Bertz CT molecular complexity index is 1140. The first-order valence-corrected chi connectivity index (χ1v) is 10.2. The monoisotopic (exact) mass is 400 g/mol. The molecular weight excluding hydrogens is 376 g/mol. The Balaban J connectivity index is 1.58. The zero-order valence-corrected chi connectivity index (χ0v) is 17.4. The number of aryl methyl sites for hydroxylation is 2. The van der Waals surface area contributed by atoms with E-state index in [2.05, 4.69) is 41.7 Å². The van der Waals surface area contributed by atoms with E-state index in [0.29, 0.717) is 12.3 Å². The number of carbonyl (C=O) groups excluding carboxylic acids is 1. The van der Waals surface area contributed by atoms with Crippen LogP contribution in [0.3, 0.4) is 0 Å². The summed E-state index contributed by atoms with van der Waals surface area (Å²) in [5, 5.41) is 7.57. The lowest BCUT2D eigenvalue weighted by Crippen LogP contribution is -2.29. The second-order valence-electron chi connectivity index (χ2n) is 8.17. The van der Waals surface area contributed by atoms with Crippen molar-refractivity contribution in [3.05, 3.63) is 87.7 Å². The van der Waals surface area contributed by atoms with Crippen molar-refractivity contribution < 1.29 is 14.1 Å². The van der Waals surface area contributed by atoms with Crippen LogP contribution in [-0.4, -0.2) is 18.0 Å². The number of carbonyl (C=O) groups is 1. The molecule has 0 fully saturated rings. The van der Waals surface area contributed by atoms with Gasteiger partial charge in [-0.25, -0.2) is 0 Å². The fourth-order valence-electron chi connectivity index (χ4n) is 4.68. The molecule has 30 heavy (non-hydrogen) atoms. The fraction of sp³-hybridized carbons (Fsp3) is 0.280. The summed E-state index contributed by atoms with van der Waals surface area (Å²) in [4.78, 5) is 13.5. The number of nitrogens with one attached hydrogen (secondary N) is 1. The van der Waals surface area contributed by atoms with Gasteiger partial charge in [0.25, 0.3) is 0 Å². The maximum Gasteiger partial charge on any atom is 0.233 e. The first kappa shape index (κ1) is 18.7. The van der Waals surface area contributed by atoms with Gasteiger partial charge in [-0.2, -0.15) is 0 Å². The molecule has 0 saturated carbocycles. The molecule has 2 atom stereocenters. The standard InChI is InChI=1S/C25H24N2O3/c1-14-4-6-17(7-5-14)23-22-15(2)27-30-25(22)26-20-12-18(13-21(28)24(20)23)16-8-10-19(29-3)11-9-16/h4-11,18,23,26H,12-13H2,1-3H3/t18-,23+/m1/s1. The van der Waals surface area contributed by atoms with E-state index in [1.807, 2.05) is 31.2 Å². The van der Waals surface area contributed by atoms with E-state index in [4.69, 9.17) is 9.26 Å². The Morgan fingerprint density at radius 1 is 1.00 bits per heavy atom. The Kier molecular flexibility index (Phi) is 4.46.